The summed E-state index contributed by atoms with van der Waals surface area (Å²) < 4.78 is 21.0. The minimum absolute atomic E-state index is 0.299. The van der Waals surface area contributed by atoms with Crippen molar-refractivity contribution in [1.82, 2.24) is 15.1 Å². The molecule has 0 radical (unpaired) electrons. The van der Waals surface area contributed by atoms with E-state index in [0.717, 1.165) is 0 Å². The number of para-hydroxylation sites is 1. The topological polar surface area (TPSA) is 99.2 Å². The molecule has 0 spiro atoms. The number of benzene rings is 1. The molecule has 2 heterocycles. The zero-order chi connectivity index (χ0) is 18.0. The number of carbonyl (C=O) groups is 2. The molecule has 1 unspecified atom stereocenters. The number of halogens is 1. The van der Waals surface area contributed by atoms with Crippen molar-refractivity contribution in [1.29, 1.82) is 0 Å². The van der Waals surface area contributed by atoms with Gasteiger partial charge in [0.2, 0.25) is 11.8 Å². The Morgan fingerprint density at radius 1 is 1.44 bits per heavy atom. The number of nitrogens with zero attached hydrogens (tertiary/aromatic N) is 2. The van der Waals surface area contributed by atoms with Gasteiger partial charge in [-0.15, -0.1) is 0 Å². The SMILES string of the molecule is CC(NC(=O)[C@H]1CCO[C@@H]1c1cnn(-c2ccccc2F)c1)C(N)=O. The van der Waals surface area contributed by atoms with Crippen LogP contribution in [0.1, 0.15) is 25.0 Å². The van der Waals surface area contributed by atoms with Crippen LogP contribution in [0.5, 0.6) is 0 Å². The van der Waals surface area contributed by atoms with Gasteiger partial charge in [0.1, 0.15) is 17.5 Å². The molecule has 0 bridgehead atoms. The Morgan fingerprint density at radius 3 is 2.92 bits per heavy atom. The summed E-state index contributed by atoms with van der Waals surface area (Å²) in [6.07, 6.45) is 3.22. The lowest BCUT2D eigenvalue weighted by Gasteiger charge is -2.18. The zero-order valence-corrected chi connectivity index (χ0v) is 13.7. The number of nitrogens with one attached hydrogen (secondary N) is 1. The van der Waals surface area contributed by atoms with Gasteiger partial charge in [-0.3, -0.25) is 9.59 Å². The molecular formula is C17H19FN4O3. The van der Waals surface area contributed by atoms with Gasteiger partial charge in [0, 0.05) is 18.4 Å². The van der Waals surface area contributed by atoms with Crippen molar-refractivity contribution in [2.45, 2.75) is 25.5 Å². The molecule has 0 aliphatic carbocycles. The third kappa shape index (κ3) is 3.53. The maximum atomic E-state index is 13.9. The summed E-state index contributed by atoms with van der Waals surface area (Å²) in [6.45, 7) is 1.94. The number of aromatic nitrogens is 2. The van der Waals surface area contributed by atoms with Gasteiger partial charge in [0.05, 0.1) is 18.2 Å². The lowest BCUT2D eigenvalue weighted by Crippen LogP contribution is -2.45. The molecule has 3 N–H and O–H groups in total. The largest absolute Gasteiger partial charge is 0.373 e. The van der Waals surface area contributed by atoms with E-state index < -0.39 is 29.8 Å². The third-order valence-electron chi connectivity index (χ3n) is 4.24. The molecule has 8 heteroatoms. The molecule has 132 valence electrons. The number of amides is 2. The van der Waals surface area contributed by atoms with Gasteiger partial charge >= 0.3 is 0 Å². The average Bonchev–Trinajstić information content (AvgIpc) is 3.24. The number of primary amides is 1. The molecule has 7 nitrogen and oxygen atoms in total. The number of nitrogens with two attached hydrogens (primary N) is 1. The van der Waals surface area contributed by atoms with Crippen LogP contribution in [-0.4, -0.2) is 34.2 Å². The zero-order valence-electron chi connectivity index (χ0n) is 13.7. The first-order valence-electron chi connectivity index (χ1n) is 7.98. The highest BCUT2D eigenvalue weighted by atomic mass is 19.1. The van der Waals surface area contributed by atoms with Crippen molar-refractivity contribution < 1.29 is 18.7 Å². The minimum atomic E-state index is -0.755. The fraction of sp³-hybridized carbons (Fsp3) is 0.353. The van der Waals surface area contributed by atoms with Crippen molar-refractivity contribution in [3.63, 3.8) is 0 Å². The van der Waals surface area contributed by atoms with Gasteiger partial charge in [-0.25, -0.2) is 9.07 Å². The van der Waals surface area contributed by atoms with Gasteiger partial charge in [0.15, 0.2) is 0 Å². The van der Waals surface area contributed by atoms with E-state index >= 15 is 0 Å². The summed E-state index contributed by atoms with van der Waals surface area (Å²) in [5, 5.41) is 6.75. The Balaban J connectivity index is 1.78. The average molecular weight is 346 g/mol. The summed E-state index contributed by atoms with van der Waals surface area (Å²) in [5.41, 5.74) is 6.17. The highest BCUT2D eigenvalue weighted by molar-refractivity contribution is 5.87. The van der Waals surface area contributed by atoms with Gasteiger partial charge in [-0.2, -0.15) is 5.10 Å². The first-order chi connectivity index (χ1) is 12.0. The van der Waals surface area contributed by atoms with Crippen molar-refractivity contribution >= 4 is 11.8 Å². The van der Waals surface area contributed by atoms with E-state index in [1.54, 1.807) is 30.6 Å². The second kappa shape index (κ2) is 7.02. The first-order valence-corrected chi connectivity index (χ1v) is 7.98. The van der Waals surface area contributed by atoms with Crippen LogP contribution in [0.25, 0.3) is 5.69 Å². The lowest BCUT2D eigenvalue weighted by atomic mass is 9.96. The number of ether oxygens (including phenoxy) is 1. The fourth-order valence-corrected chi connectivity index (χ4v) is 2.83. The van der Waals surface area contributed by atoms with E-state index in [-0.39, 0.29) is 5.91 Å². The van der Waals surface area contributed by atoms with Gasteiger partial charge in [-0.1, -0.05) is 12.1 Å². The number of hydrogen-bond donors (Lipinski definition) is 2. The molecule has 1 aliphatic heterocycles. The molecule has 3 atom stereocenters. The Hall–Kier alpha value is -2.74. The van der Waals surface area contributed by atoms with Crippen LogP contribution < -0.4 is 11.1 Å². The van der Waals surface area contributed by atoms with Crippen LogP contribution in [0.15, 0.2) is 36.7 Å². The summed E-state index contributed by atoms with van der Waals surface area (Å²) in [5.74, 6) is -1.75. The number of carbonyl (C=O) groups excluding carboxylic acids is 2. The van der Waals surface area contributed by atoms with Gasteiger partial charge in [0.25, 0.3) is 0 Å². The predicted molar refractivity (Wildman–Crippen MR) is 87.1 cm³/mol. The Bertz CT molecular complexity index is 792. The Labute approximate surface area is 144 Å². The van der Waals surface area contributed by atoms with Crippen molar-refractivity contribution in [2.75, 3.05) is 6.61 Å². The van der Waals surface area contributed by atoms with Gasteiger partial charge in [-0.05, 0) is 25.5 Å². The predicted octanol–water partition coefficient (Wildman–Crippen LogP) is 1.08. The van der Waals surface area contributed by atoms with Crippen molar-refractivity contribution in [3.8, 4) is 5.69 Å². The highest BCUT2D eigenvalue weighted by Gasteiger charge is 2.36. The van der Waals surface area contributed by atoms with E-state index in [1.807, 2.05) is 0 Å². The summed E-state index contributed by atoms with van der Waals surface area (Å²) in [4.78, 5) is 23.5. The summed E-state index contributed by atoms with van der Waals surface area (Å²) in [7, 11) is 0. The smallest absolute Gasteiger partial charge is 0.239 e. The number of hydrogen-bond acceptors (Lipinski definition) is 4. The van der Waals surface area contributed by atoms with Crippen LogP contribution in [0.3, 0.4) is 0 Å². The minimum Gasteiger partial charge on any atom is -0.373 e. The van der Waals surface area contributed by atoms with E-state index in [4.69, 9.17) is 10.5 Å². The van der Waals surface area contributed by atoms with E-state index in [1.165, 1.54) is 17.7 Å². The molecule has 1 aliphatic rings. The van der Waals surface area contributed by atoms with E-state index in [0.29, 0.717) is 24.3 Å². The van der Waals surface area contributed by atoms with Crippen molar-refractivity contribution in [2.24, 2.45) is 11.7 Å². The number of rotatable bonds is 5. The molecule has 25 heavy (non-hydrogen) atoms. The molecule has 1 fully saturated rings. The molecule has 1 saturated heterocycles. The van der Waals surface area contributed by atoms with Gasteiger partial charge < -0.3 is 15.8 Å². The molecular weight excluding hydrogens is 327 g/mol. The lowest BCUT2D eigenvalue weighted by molar-refractivity contribution is -0.130. The van der Waals surface area contributed by atoms with Crippen molar-refractivity contribution in [3.05, 3.63) is 48.0 Å². The molecule has 2 amide bonds. The van der Waals surface area contributed by atoms with E-state index in [9.17, 15) is 14.0 Å². The maximum absolute atomic E-state index is 13.9. The van der Waals surface area contributed by atoms with Crippen LogP contribution in [0.2, 0.25) is 0 Å². The Kier molecular flexibility index (Phi) is 4.80. The monoisotopic (exact) mass is 346 g/mol. The maximum Gasteiger partial charge on any atom is 0.239 e. The normalized spacial score (nSPS) is 21.0. The summed E-state index contributed by atoms with van der Waals surface area (Å²) >= 11 is 0. The van der Waals surface area contributed by atoms with Crippen LogP contribution in [-0.2, 0) is 14.3 Å². The second-order valence-corrected chi connectivity index (χ2v) is 5.99. The first kappa shape index (κ1) is 17.1. The second-order valence-electron chi connectivity index (χ2n) is 5.99. The molecule has 2 aromatic rings. The fourth-order valence-electron chi connectivity index (χ4n) is 2.83. The molecule has 0 saturated carbocycles. The van der Waals surface area contributed by atoms with E-state index in [2.05, 4.69) is 10.4 Å². The standard InChI is InChI=1S/C17H19FN4O3/c1-10(16(19)23)21-17(24)12-6-7-25-15(12)11-8-20-22(9-11)14-5-3-2-4-13(14)18/h2-5,8-10,12,15H,6-7H2,1H3,(H2,19,23)(H,21,24)/t10?,12-,15+/m0/s1. The van der Waals surface area contributed by atoms with Crippen LogP contribution in [0.4, 0.5) is 4.39 Å². The van der Waals surface area contributed by atoms with Crippen LogP contribution >= 0.6 is 0 Å². The molecule has 1 aromatic heterocycles. The Morgan fingerprint density at radius 2 is 2.20 bits per heavy atom. The quantitative estimate of drug-likeness (QED) is 0.846. The van der Waals surface area contributed by atoms with Crippen LogP contribution in [0, 0.1) is 11.7 Å². The summed E-state index contributed by atoms with van der Waals surface area (Å²) in [6, 6.07) is 5.52. The third-order valence-corrected chi connectivity index (χ3v) is 4.24. The molecule has 3 rings (SSSR count). The molecule has 1 aromatic carbocycles. The highest BCUT2D eigenvalue weighted by Crippen LogP contribution is 2.35.